The first-order chi connectivity index (χ1) is 11.7. The summed E-state index contributed by atoms with van der Waals surface area (Å²) < 4.78 is 15.7. The zero-order valence-electron chi connectivity index (χ0n) is 15.3. The minimum absolute atomic E-state index is 0.0125. The van der Waals surface area contributed by atoms with Crippen LogP contribution in [0, 0.1) is 0 Å². The van der Waals surface area contributed by atoms with E-state index in [1.807, 2.05) is 0 Å². The first-order valence-electron chi connectivity index (χ1n) is 8.31. The number of aliphatic carboxylic acids is 1. The molecule has 0 aromatic heterocycles. The number of amides is 2. The van der Waals surface area contributed by atoms with E-state index in [0.717, 1.165) is 0 Å². The van der Waals surface area contributed by atoms with Gasteiger partial charge in [-0.2, -0.15) is 0 Å². The van der Waals surface area contributed by atoms with Crippen LogP contribution < -0.4 is 10.6 Å². The maximum absolute atomic E-state index is 11.3. The molecule has 0 aromatic rings. The van der Waals surface area contributed by atoms with Crippen LogP contribution in [-0.4, -0.2) is 68.2 Å². The molecule has 0 spiro atoms. The van der Waals surface area contributed by atoms with E-state index >= 15 is 0 Å². The Balaban J connectivity index is 3.30. The fourth-order valence-electron chi connectivity index (χ4n) is 1.57. The van der Waals surface area contributed by atoms with Crippen LogP contribution in [0.3, 0.4) is 0 Å². The van der Waals surface area contributed by atoms with Crippen molar-refractivity contribution < 1.29 is 33.7 Å². The van der Waals surface area contributed by atoms with Crippen molar-refractivity contribution in [2.45, 2.75) is 45.6 Å². The molecule has 9 heteroatoms. The lowest BCUT2D eigenvalue weighted by atomic mass is 10.2. The number of carboxylic acids is 1. The Morgan fingerprint density at radius 3 is 2.12 bits per heavy atom. The second-order valence-corrected chi connectivity index (χ2v) is 6.25. The molecule has 0 aromatic carbocycles. The van der Waals surface area contributed by atoms with E-state index in [1.165, 1.54) is 0 Å². The largest absolute Gasteiger partial charge is 0.481 e. The molecule has 0 bridgehead atoms. The minimum Gasteiger partial charge on any atom is -0.481 e. The molecule has 0 heterocycles. The van der Waals surface area contributed by atoms with Gasteiger partial charge in [0, 0.05) is 26.1 Å². The monoisotopic (exact) mass is 362 g/mol. The van der Waals surface area contributed by atoms with Crippen molar-refractivity contribution in [3.8, 4) is 0 Å². The van der Waals surface area contributed by atoms with Crippen molar-refractivity contribution in [3.63, 3.8) is 0 Å². The Morgan fingerprint density at radius 2 is 1.52 bits per heavy atom. The molecule has 0 saturated carbocycles. The highest BCUT2D eigenvalue weighted by Gasteiger charge is 2.15. The van der Waals surface area contributed by atoms with Gasteiger partial charge in [-0.05, 0) is 27.2 Å². The highest BCUT2D eigenvalue weighted by Crippen LogP contribution is 2.05. The Hall–Kier alpha value is -1.87. The van der Waals surface area contributed by atoms with Gasteiger partial charge in [0.15, 0.2) is 0 Å². The summed E-state index contributed by atoms with van der Waals surface area (Å²) in [6.45, 7) is 7.84. The molecule has 0 aliphatic carbocycles. The molecule has 0 atom stereocenters. The van der Waals surface area contributed by atoms with E-state index in [1.54, 1.807) is 20.8 Å². The Kier molecular flexibility index (Phi) is 12.4. The van der Waals surface area contributed by atoms with Crippen LogP contribution in [0.1, 0.15) is 40.0 Å². The molecule has 0 aliphatic heterocycles. The predicted molar refractivity (Wildman–Crippen MR) is 90.4 cm³/mol. The van der Waals surface area contributed by atoms with Gasteiger partial charge in [0.25, 0.3) is 0 Å². The summed E-state index contributed by atoms with van der Waals surface area (Å²) >= 11 is 0. The van der Waals surface area contributed by atoms with Gasteiger partial charge in [0.1, 0.15) is 5.60 Å². The number of hydrogen-bond donors (Lipinski definition) is 3. The van der Waals surface area contributed by atoms with E-state index in [9.17, 15) is 14.4 Å². The molecular formula is C16H30N2O7. The number of carboxylic acid groups (broad SMARTS) is 1. The average Bonchev–Trinajstić information content (AvgIpc) is 2.48. The van der Waals surface area contributed by atoms with E-state index in [0.29, 0.717) is 45.9 Å². The van der Waals surface area contributed by atoms with Crippen LogP contribution in [0.15, 0.2) is 0 Å². The van der Waals surface area contributed by atoms with E-state index in [4.69, 9.17) is 19.3 Å². The number of nitrogens with one attached hydrogen (secondary N) is 2. The van der Waals surface area contributed by atoms with E-state index < -0.39 is 17.7 Å². The van der Waals surface area contributed by atoms with Crippen LogP contribution in [0.25, 0.3) is 0 Å². The quantitative estimate of drug-likeness (QED) is 0.416. The third kappa shape index (κ3) is 18.3. The minimum atomic E-state index is -0.986. The van der Waals surface area contributed by atoms with Gasteiger partial charge >= 0.3 is 12.1 Å². The van der Waals surface area contributed by atoms with Crippen molar-refractivity contribution in [2.75, 3.05) is 39.5 Å². The Labute approximate surface area is 148 Å². The molecule has 146 valence electrons. The highest BCUT2D eigenvalue weighted by atomic mass is 16.6. The van der Waals surface area contributed by atoms with Crippen LogP contribution in [0.2, 0.25) is 0 Å². The lowest BCUT2D eigenvalue weighted by Gasteiger charge is -2.19. The second kappa shape index (κ2) is 13.4. The maximum atomic E-state index is 11.3. The highest BCUT2D eigenvalue weighted by molar-refractivity contribution is 5.80. The Bertz CT molecular complexity index is 408. The van der Waals surface area contributed by atoms with Crippen molar-refractivity contribution in [3.05, 3.63) is 0 Å². The van der Waals surface area contributed by atoms with Gasteiger partial charge in [0.05, 0.1) is 26.2 Å². The van der Waals surface area contributed by atoms with Crippen molar-refractivity contribution in [1.29, 1.82) is 0 Å². The summed E-state index contributed by atoms with van der Waals surface area (Å²) in [5.41, 5.74) is -0.519. The fraction of sp³-hybridized carbons (Fsp3) is 0.812. The molecular weight excluding hydrogens is 332 g/mol. The standard InChI is InChI=1S/C16H30N2O7/c1-16(2,3)25-15(22)18-8-10-24-12-11-23-9-4-7-17-13(19)5-6-14(20)21/h4-12H2,1-3H3,(H,17,19)(H,18,22)(H,20,21). The zero-order chi connectivity index (χ0) is 19.1. The summed E-state index contributed by atoms with van der Waals surface area (Å²) in [4.78, 5) is 32.9. The molecule has 25 heavy (non-hydrogen) atoms. The zero-order valence-corrected chi connectivity index (χ0v) is 15.3. The summed E-state index contributed by atoms with van der Waals surface area (Å²) in [5, 5.41) is 13.6. The predicted octanol–water partition coefficient (Wildman–Crippen LogP) is 0.915. The number of carbonyl (C=O) groups excluding carboxylic acids is 2. The molecule has 0 unspecified atom stereocenters. The summed E-state index contributed by atoms with van der Waals surface area (Å²) in [6, 6.07) is 0. The average molecular weight is 362 g/mol. The van der Waals surface area contributed by atoms with Crippen LogP contribution in [0.4, 0.5) is 4.79 Å². The van der Waals surface area contributed by atoms with Gasteiger partial charge in [-0.25, -0.2) is 4.79 Å². The third-order valence-electron chi connectivity index (χ3n) is 2.64. The molecule has 0 aliphatic rings. The van der Waals surface area contributed by atoms with Crippen molar-refractivity contribution >= 4 is 18.0 Å². The van der Waals surface area contributed by atoms with Crippen LogP contribution in [0.5, 0.6) is 0 Å². The normalized spacial score (nSPS) is 11.0. The molecule has 0 saturated heterocycles. The van der Waals surface area contributed by atoms with Gasteiger partial charge < -0.3 is 30.0 Å². The van der Waals surface area contributed by atoms with Gasteiger partial charge in [-0.3, -0.25) is 9.59 Å². The van der Waals surface area contributed by atoms with Crippen molar-refractivity contribution in [1.82, 2.24) is 10.6 Å². The van der Waals surface area contributed by atoms with Gasteiger partial charge in [-0.15, -0.1) is 0 Å². The first kappa shape index (κ1) is 23.1. The number of rotatable bonds is 13. The fourth-order valence-corrected chi connectivity index (χ4v) is 1.57. The lowest BCUT2D eigenvalue weighted by molar-refractivity contribution is -0.138. The van der Waals surface area contributed by atoms with Crippen molar-refractivity contribution in [2.24, 2.45) is 0 Å². The molecule has 0 rings (SSSR count). The van der Waals surface area contributed by atoms with Crippen LogP contribution in [-0.2, 0) is 23.8 Å². The number of alkyl carbamates (subject to hydrolysis) is 1. The smallest absolute Gasteiger partial charge is 0.407 e. The molecule has 2 amide bonds. The number of carbonyl (C=O) groups is 3. The lowest BCUT2D eigenvalue weighted by Crippen LogP contribution is -2.34. The summed E-state index contributed by atoms with van der Waals surface area (Å²) in [7, 11) is 0. The number of ether oxygens (including phenoxy) is 3. The second-order valence-electron chi connectivity index (χ2n) is 6.25. The number of hydrogen-bond acceptors (Lipinski definition) is 6. The Morgan fingerprint density at radius 1 is 0.880 bits per heavy atom. The molecule has 9 nitrogen and oxygen atoms in total. The molecule has 3 N–H and O–H groups in total. The SMILES string of the molecule is CC(C)(C)OC(=O)NCCOCCOCCCNC(=O)CCC(=O)O. The molecule has 0 fully saturated rings. The van der Waals surface area contributed by atoms with E-state index in [-0.39, 0.29) is 18.7 Å². The summed E-state index contributed by atoms with van der Waals surface area (Å²) in [6.07, 6.45) is -0.0132. The maximum Gasteiger partial charge on any atom is 0.407 e. The molecule has 0 radical (unpaired) electrons. The summed E-state index contributed by atoms with van der Waals surface area (Å²) in [5.74, 6) is -1.26. The first-order valence-corrected chi connectivity index (χ1v) is 8.31. The third-order valence-corrected chi connectivity index (χ3v) is 2.64. The van der Waals surface area contributed by atoms with Gasteiger partial charge in [0.2, 0.25) is 5.91 Å². The van der Waals surface area contributed by atoms with E-state index in [2.05, 4.69) is 10.6 Å². The van der Waals surface area contributed by atoms with Crippen LogP contribution >= 0.6 is 0 Å². The van der Waals surface area contributed by atoms with Gasteiger partial charge in [-0.1, -0.05) is 0 Å². The topological polar surface area (TPSA) is 123 Å².